The van der Waals surface area contributed by atoms with Crippen molar-refractivity contribution >= 4 is 31.0 Å². The molecule has 0 rings (SSSR count). The molecular weight excluding hydrogens is 151 g/mol. The molecular formula is C4H14MgO3P+. The molecule has 0 aromatic heterocycles. The van der Waals surface area contributed by atoms with Crippen LogP contribution in [-0.2, 0) is 0 Å². The quantitative estimate of drug-likeness (QED) is 0.409. The Balaban J connectivity index is -0.0000000817. The third-order valence-electron chi connectivity index (χ3n) is 1.18. The maximum Gasteiger partial charge on any atom is 2.00 e. The van der Waals surface area contributed by atoms with Gasteiger partial charge in [0.2, 0.25) is 0 Å². The Morgan fingerprint density at radius 3 is 1.78 bits per heavy atom. The molecule has 3 N–H and O–H groups in total. The first kappa shape index (κ1) is 12.7. The Bertz CT molecular complexity index is 80.2. The second-order valence-electron chi connectivity index (χ2n) is 1.87. The van der Waals surface area contributed by atoms with Gasteiger partial charge in [-0.3, -0.25) is 0 Å². The fourth-order valence-electron chi connectivity index (χ4n) is 0.245. The van der Waals surface area contributed by atoms with E-state index in [0.29, 0.717) is 6.42 Å². The molecule has 0 radical (unpaired) electrons. The van der Waals surface area contributed by atoms with Crippen LogP contribution in [0.1, 0.15) is 23.1 Å². The van der Waals surface area contributed by atoms with Gasteiger partial charge in [0.1, 0.15) is 5.66 Å². The van der Waals surface area contributed by atoms with E-state index in [1.165, 1.54) is 0 Å². The summed E-state index contributed by atoms with van der Waals surface area (Å²) < 4.78 is 0. The molecule has 1 unspecified atom stereocenters. The van der Waals surface area contributed by atoms with Gasteiger partial charge in [-0.25, -0.2) is 0 Å². The molecule has 5 heteroatoms. The minimum absolute atomic E-state index is 0. The molecule has 0 fully saturated rings. The van der Waals surface area contributed by atoms with E-state index in [0.717, 1.165) is 0 Å². The van der Waals surface area contributed by atoms with Gasteiger partial charge in [-0.05, 0) is 13.3 Å². The van der Waals surface area contributed by atoms with Crippen molar-refractivity contribution in [2.24, 2.45) is 0 Å². The van der Waals surface area contributed by atoms with E-state index in [9.17, 15) is 0 Å². The maximum absolute atomic E-state index is 8.51. The summed E-state index contributed by atoms with van der Waals surface area (Å²) in [5.41, 5.74) is -0.373. The average molecular weight is 165 g/mol. The predicted molar refractivity (Wildman–Crippen MR) is 41.3 cm³/mol. The van der Waals surface area contributed by atoms with E-state index in [-0.39, 0.29) is 31.6 Å². The third kappa shape index (κ3) is 5.52. The average Bonchev–Trinajstić information content (AvgIpc) is 1.62. The van der Waals surface area contributed by atoms with Gasteiger partial charge in [0, 0.05) is 0 Å². The molecule has 0 saturated heterocycles. The van der Waals surface area contributed by atoms with Crippen molar-refractivity contribution in [3.8, 4) is 0 Å². The van der Waals surface area contributed by atoms with Gasteiger partial charge in [-0.2, -0.15) is 14.7 Å². The van der Waals surface area contributed by atoms with Crippen LogP contribution in [0, 0.1) is 0 Å². The van der Waals surface area contributed by atoms with Crippen LogP contribution in [0.3, 0.4) is 0 Å². The summed E-state index contributed by atoms with van der Waals surface area (Å²) in [5.74, 6) is 0. The van der Waals surface area contributed by atoms with Gasteiger partial charge in [0.05, 0.1) is 0 Å². The topological polar surface area (TPSA) is 60.7 Å². The Hall–Kier alpha value is 1.08. The van der Waals surface area contributed by atoms with E-state index < -0.39 is 7.94 Å². The molecule has 1 atom stereocenters. The summed E-state index contributed by atoms with van der Waals surface area (Å²) in [6.07, 6.45) is 0.595. The van der Waals surface area contributed by atoms with Crippen LogP contribution in [0.15, 0.2) is 0 Å². The van der Waals surface area contributed by atoms with Crippen LogP contribution in [0.5, 0.6) is 0 Å². The molecule has 0 aliphatic carbocycles. The summed E-state index contributed by atoms with van der Waals surface area (Å²) in [7, 11) is -3.51. The minimum atomic E-state index is -3.51. The van der Waals surface area contributed by atoms with Crippen molar-refractivity contribution in [2.75, 3.05) is 0 Å². The molecule has 3 nitrogen and oxygen atoms in total. The zero-order chi connectivity index (χ0) is 6.78. The van der Waals surface area contributed by atoms with Crippen molar-refractivity contribution in [1.82, 2.24) is 0 Å². The fourth-order valence-corrected chi connectivity index (χ4v) is 0.735. The predicted octanol–water partition coefficient (Wildman–Crippen LogP) is 0.369. The van der Waals surface area contributed by atoms with E-state index in [1.54, 1.807) is 13.8 Å². The normalized spacial score (nSPS) is 14.3. The zero-order valence-electron chi connectivity index (χ0n) is 7.78. The van der Waals surface area contributed by atoms with Crippen LogP contribution < -0.4 is 0 Å². The van der Waals surface area contributed by atoms with Crippen LogP contribution in [0.25, 0.3) is 0 Å². The first-order valence-corrected chi connectivity index (χ1v) is 4.27. The van der Waals surface area contributed by atoms with Gasteiger partial charge < -0.3 is 2.85 Å². The second-order valence-corrected chi connectivity index (χ2v) is 3.98. The standard InChI is InChI=1S/C4H12O3P.Mg.2H/c1-3-4(2)8(5,6)7;;;/h4-7H,3H2,1-2H3;;;/q+1;+2;2*-1. The van der Waals surface area contributed by atoms with Crippen molar-refractivity contribution in [3.05, 3.63) is 0 Å². The van der Waals surface area contributed by atoms with Crippen LogP contribution >= 0.6 is 7.94 Å². The van der Waals surface area contributed by atoms with E-state index in [1.807, 2.05) is 0 Å². The molecule has 9 heavy (non-hydrogen) atoms. The number of hydrogen-bond acceptors (Lipinski definition) is 3. The smallest absolute Gasteiger partial charge is 1.00 e. The molecule has 0 spiro atoms. The van der Waals surface area contributed by atoms with Gasteiger partial charge in [0.15, 0.2) is 0 Å². The minimum Gasteiger partial charge on any atom is -1.00 e. The first-order chi connectivity index (χ1) is 3.48. The van der Waals surface area contributed by atoms with Crippen molar-refractivity contribution in [2.45, 2.75) is 25.9 Å². The van der Waals surface area contributed by atoms with Crippen molar-refractivity contribution in [1.29, 1.82) is 0 Å². The summed E-state index contributed by atoms with van der Waals surface area (Å²) in [6.45, 7) is 3.40. The first-order valence-electron chi connectivity index (χ1n) is 2.55. The Kier molecular flexibility index (Phi) is 6.82. The van der Waals surface area contributed by atoms with E-state index in [2.05, 4.69) is 0 Å². The summed E-state index contributed by atoms with van der Waals surface area (Å²) in [6, 6.07) is 0. The number of hydrogen-bond donors (Lipinski definition) is 3. The summed E-state index contributed by atoms with van der Waals surface area (Å²) in [4.78, 5) is 25.5. The summed E-state index contributed by atoms with van der Waals surface area (Å²) in [5, 5.41) is 0. The van der Waals surface area contributed by atoms with Crippen molar-refractivity contribution < 1.29 is 17.5 Å². The monoisotopic (exact) mass is 165 g/mol. The van der Waals surface area contributed by atoms with Gasteiger partial charge in [-0.15, -0.1) is 0 Å². The zero-order valence-corrected chi connectivity index (χ0v) is 8.09. The molecule has 0 aliphatic rings. The van der Waals surface area contributed by atoms with E-state index in [4.69, 9.17) is 14.7 Å². The van der Waals surface area contributed by atoms with Crippen molar-refractivity contribution in [3.63, 3.8) is 0 Å². The largest absolute Gasteiger partial charge is 2.00 e. The second kappa shape index (κ2) is 4.83. The van der Waals surface area contributed by atoms with Crippen LogP contribution in [0.2, 0.25) is 0 Å². The van der Waals surface area contributed by atoms with Crippen LogP contribution in [-0.4, -0.2) is 43.4 Å². The Labute approximate surface area is 74.8 Å². The van der Waals surface area contributed by atoms with Gasteiger partial charge in [0.25, 0.3) is 0 Å². The SMILES string of the molecule is CCC(C)[P+](O)(O)O.[H-].[H-].[Mg+2]. The third-order valence-corrected chi connectivity index (χ3v) is 2.73. The Morgan fingerprint density at radius 1 is 1.44 bits per heavy atom. The summed E-state index contributed by atoms with van der Waals surface area (Å²) >= 11 is 0. The molecule has 0 saturated carbocycles. The van der Waals surface area contributed by atoms with Crippen LogP contribution in [0.4, 0.5) is 0 Å². The molecule has 0 aliphatic heterocycles. The van der Waals surface area contributed by atoms with E-state index >= 15 is 0 Å². The Morgan fingerprint density at radius 2 is 1.78 bits per heavy atom. The molecule has 0 bridgehead atoms. The molecule has 0 heterocycles. The van der Waals surface area contributed by atoms with Gasteiger partial charge >= 0.3 is 31.0 Å². The fraction of sp³-hybridized carbons (Fsp3) is 1.00. The molecule has 0 aromatic rings. The molecule has 0 amide bonds. The number of rotatable bonds is 2. The molecule has 0 aromatic carbocycles. The van der Waals surface area contributed by atoms with Gasteiger partial charge in [-0.1, -0.05) is 6.92 Å². The maximum atomic E-state index is 8.51. The molecule has 54 valence electrons.